The summed E-state index contributed by atoms with van der Waals surface area (Å²) in [5.41, 5.74) is 0. The highest BCUT2D eigenvalue weighted by molar-refractivity contribution is 7.47. The minimum Gasteiger partial charge on any atom is -0.462 e. The van der Waals surface area contributed by atoms with Crippen molar-refractivity contribution in [3.63, 3.8) is 0 Å². The van der Waals surface area contributed by atoms with Crippen molar-refractivity contribution in [2.75, 3.05) is 39.6 Å². The van der Waals surface area contributed by atoms with E-state index in [4.69, 9.17) is 37.0 Å². The van der Waals surface area contributed by atoms with Crippen LogP contribution < -0.4 is 0 Å². The normalized spacial score (nSPS) is 14.5. The maximum Gasteiger partial charge on any atom is 0.472 e. The Bertz CT molecular complexity index is 1940. The van der Waals surface area contributed by atoms with Gasteiger partial charge in [-0.2, -0.15) is 0 Å². The SMILES string of the molecule is CCCCCCCCCCCCCCCCCC(=O)O[C@H](COC(=O)CCCCCCCCC(C)C)COP(=O)(O)OC[C@H](O)COP(=O)(O)OC[C@@H](COC(=O)CCCCCCCCCCCCCCCCC(C)CC)OC(=O)CCCCCCCCCCCCCCCCC(C)CC. The first-order valence-electron chi connectivity index (χ1n) is 41.9. The number of rotatable bonds is 79. The zero-order valence-corrected chi connectivity index (χ0v) is 67.5. The molecule has 0 spiro atoms. The summed E-state index contributed by atoms with van der Waals surface area (Å²) in [5.74, 6) is 0.264. The summed E-state index contributed by atoms with van der Waals surface area (Å²) in [5, 5.41) is 10.6. The lowest BCUT2D eigenvalue weighted by molar-refractivity contribution is -0.161. The molecule has 4 unspecified atom stereocenters. The first kappa shape index (κ1) is 98.1. The van der Waals surface area contributed by atoms with Crippen LogP contribution in [0.5, 0.6) is 0 Å². The van der Waals surface area contributed by atoms with Crippen molar-refractivity contribution in [2.45, 2.75) is 439 Å². The summed E-state index contributed by atoms with van der Waals surface area (Å²) < 4.78 is 68.7. The van der Waals surface area contributed by atoms with Crippen molar-refractivity contribution in [3.8, 4) is 0 Å². The van der Waals surface area contributed by atoms with Crippen LogP contribution in [0.4, 0.5) is 0 Å². The number of hydrogen-bond acceptors (Lipinski definition) is 15. The molecule has 19 heteroatoms. The van der Waals surface area contributed by atoms with Crippen molar-refractivity contribution < 1.29 is 80.2 Å². The zero-order valence-electron chi connectivity index (χ0n) is 65.7. The quantitative estimate of drug-likeness (QED) is 0.0222. The molecule has 0 rings (SSSR count). The number of carbonyl (C=O) groups is 4. The van der Waals surface area contributed by atoms with E-state index in [1.807, 2.05) is 0 Å². The summed E-state index contributed by atoms with van der Waals surface area (Å²) in [7, 11) is -9.92. The Kier molecular flexibility index (Phi) is 69.9. The highest BCUT2D eigenvalue weighted by atomic mass is 31.2. The standard InChI is InChI=1S/C81H158O17P2/c1-8-11-12-13-14-15-16-17-18-26-31-36-41-50-57-65-81(86)98-77(69-92-79(84)63-56-49-44-43-45-52-59-72(4)5)71-96-100(89,90)94-67-75(82)66-93-99(87,88)95-70-76(97-80(85)64-58-51-42-37-32-27-22-20-24-29-34-39-47-54-61-74(7)10-3)68-91-78(83)62-55-48-40-35-30-25-21-19-23-28-33-38-46-53-60-73(6)9-2/h72-77,82H,8-71H2,1-7H3,(H,87,88)(H,89,90)/t73?,74?,75-,76-,77-/m1/s1. The predicted octanol–water partition coefficient (Wildman–Crippen LogP) is 24.1. The van der Waals surface area contributed by atoms with E-state index in [2.05, 4.69) is 48.5 Å². The summed E-state index contributed by atoms with van der Waals surface area (Å²) in [6.45, 7) is 12.0. The predicted molar refractivity (Wildman–Crippen MR) is 409 cm³/mol. The molecule has 0 bridgehead atoms. The molecule has 0 fully saturated rings. The van der Waals surface area contributed by atoms with Gasteiger partial charge in [-0.25, -0.2) is 9.13 Å². The third-order valence-corrected chi connectivity index (χ3v) is 21.5. The van der Waals surface area contributed by atoms with E-state index in [9.17, 15) is 43.2 Å². The third kappa shape index (κ3) is 71.7. The molecule has 0 saturated heterocycles. The van der Waals surface area contributed by atoms with E-state index in [1.165, 1.54) is 225 Å². The van der Waals surface area contributed by atoms with Gasteiger partial charge in [0.25, 0.3) is 0 Å². The number of hydrogen-bond donors (Lipinski definition) is 3. The monoisotopic (exact) mass is 1470 g/mol. The number of carbonyl (C=O) groups excluding carboxylic acids is 4. The van der Waals surface area contributed by atoms with E-state index in [1.54, 1.807) is 0 Å². The molecule has 594 valence electrons. The van der Waals surface area contributed by atoms with E-state index >= 15 is 0 Å². The number of phosphoric acid groups is 2. The second-order valence-corrected chi connectivity index (χ2v) is 33.0. The van der Waals surface area contributed by atoms with Crippen LogP contribution >= 0.6 is 15.6 Å². The fourth-order valence-electron chi connectivity index (χ4n) is 12.4. The lowest BCUT2D eigenvalue weighted by Gasteiger charge is -2.21. The Morgan fingerprint density at radius 3 is 0.760 bits per heavy atom. The van der Waals surface area contributed by atoms with Gasteiger partial charge in [0.1, 0.15) is 19.3 Å². The number of ether oxygens (including phenoxy) is 4. The Morgan fingerprint density at radius 2 is 0.510 bits per heavy atom. The van der Waals surface area contributed by atoms with Crippen LogP contribution in [-0.2, 0) is 65.4 Å². The number of aliphatic hydroxyl groups excluding tert-OH is 1. The second-order valence-electron chi connectivity index (χ2n) is 30.1. The van der Waals surface area contributed by atoms with Crippen LogP contribution in [0.3, 0.4) is 0 Å². The average Bonchev–Trinajstić information content (AvgIpc) is 1.37. The Morgan fingerprint density at radius 1 is 0.290 bits per heavy atom. The van der Waals surface area contributed by atoms with E-state index in [0.29, 0.717) is 31.6 Å². The fourth-order valence-corrected chi connectivity index (χ4v) is 14.0. The van der Waals surface area contributed by atoms with E-state index < -0.39 is 97.5 Å². The van der Waals surface area contributed by atoms with Gasteiger partial charge in [0.15, 0.2) is 12.2 Å². The van der Waals surface area contributed by atoms with Gasteiger partial charge in [0, 0.05) is 25.7 Å². The van der Waals surface area contributed by atoms with Gasteiger partial charge in [0.2, 0.25) is 0 Å². The van der Waals surface area contributed by atoms with Gasteiger partial charge in [-0.1, -0.05) is 370 Å². The smallest absolute Gasteiger partial charge is 0.462 e. The van der Waals surface area contributed by atoms with Gasteiger partial charge in [-0.15, -0.1) is 0 Å². The van der Waals surface area contributed by atoms with Gasteiger partial charge in [-0.3, -0.25) is 37.3 Å². The lowest BCUT2D eigenvalue weighted by Crippen LogP contribution is -2.30. The molecule has 0 aliphatic heterocycles. The molecule has 0 aromatic heterocycles. The van der Waals surface area contributed by atoms with Crippen LogP contribution in [0.25, 0.3) is 0 Å². The minimum absolute atomic E-state index is 0.107. The molecule has 3 N–H and O–H groups in total. The van der Waals surface area contributed by atoms with Crippen LogP contribution in [-0.4, -0.2) is 96.7 Å². The topological polar surface area (TPSA) is 237 Å². The largest absolute Gasteiger partial charge is 0.472 e. The van der Waals surface area contributed by atoms with Crippen molar-refractivity contribution in [2.24, 2.45) is 17.8 Å². The molecule has 0 aliphatic rings. The van der Waals surface area contributed by atoms with Gasteiger partial charge in [0.05, 0.1) is 26.4 Å². The summed E-state index contributed by atoms with van der Waals surface area (Å²) >= 11 is 0. The highest BCUT2D eigenvalue weighted by Crippen LogP contribution is 2.45. The van der Waals surface area contributed by atoms with Gasteiger partial charge < -0.3 is 33.8 Å². The maximum absolute atomic E-state index is 13.1. The minimum atomic E-state index is -4.96. The molecule has 0 heterocycles. The van der Waals surface area contributed by atoms with Crippen molar-refractivity contribution in [3.05, 3.63) is 0 Å². The van der Waals surface area contributed by atoms with E-state index in [-0.39, 0.29) is 25.7 Å². The van der Waals surface area contributed by atoms with Crippen molar-refractivity contribution in [1.29, 1.82) is 0 Å². The molecule has 100 heavy (non-hydrogen) atoms. The molecule has 0 aliphatic carbocycles. The Hall–Kier alpha value is -1.94. The van der Waals surface area contributed by atoms with Crippen molar-refractivity contribution in [1.82, 2.24) is 0 Å². The number of esters is 4. The average molecular weight is 1470 g/mol. The lowest BCUT2D eigenvalue weighted by atomic mass is 9.99. The molecular weight excluding hydrogens is 1310 g/mol. The van der Waals surface area contributed by atoms with Crippen LogP contribution in [0.15, 0.2) is 0 Å². The third-order valence-electron chi connectivity index (χ3n) is 19.6. The molecule has 17 nitrogen and oxygen atoms in total. The first-order valence-corrected chi connectivity index (χ1v) is 44.9. The van der Waals surface area contributed by atoms with Crippen LogP contribution in [0.1, 0.15) is 421 Å². The molecule has 0 saturated carbocycles. The summed E-state index contributed by atoms with van der Waals surface area (Å²) in [6.07, 6.45) is 59.6. The van der Waals surface area contributed by atoms with Gasteiger partial charge >= 0.3 is 39.5 Å². The summed E-state index contributed by atoms with van der Waals surface area (Å²) in [6, 6.07) is 0. The molecule has 0 aromatic rings. The molecule has 0 aromatic carbocycles. The summed E-state index contributed by atoms with van der Waals surface area (Å²) in [4.78, 5) is 73.0. The maximum atomic E-state index is 13.1. The first-order chi connectivity index (χ1) is 48.3. The van der Waals surface area contributed by atoms with Crippen LogP contribution in [0, 0.1) is 17.8 Å². The molecule has 0 radical (unpaired) electrons. The highest BCUT2D eigenvalue weighted by Gasteiger charge is 2.30. The van der Waals surface area contributed by atoms with Gasteiger partial charge in [-0.05, 0) is 43.4 Å². The van der Waals surface area contributed by atoms with Crippen LogP contribution in [0.2, 0.25) is 0 Å². The number of phosphoric ester groups is 2. The number of aliphatic hydroxyl groups is 1. The van der Waals surface area contributed by atoms with E-state index in [0.717, 1.165) is 108 Å². The Labute approximate surface area is 613 Å². The Balaban J connectivity index is 5.23. The molecule has 0 amide bonds. The second kappa shape index (κ2) is 71.3. The fraction of sp³-hybridized carbons (Fsp3) is 0.951. The zero-order chi connectivity index (χ0) is 73.7. The number of unbranched alkanes of at least 4 members (excludes halogenated alkanes) is 45. The molecular formula is C81H158O17P2. The molecule has 7 atom stereocenters. The van der Waals surface area contributed by atoms with Crippen molar-refractivity contribution >= 4 is 39.5 Å².